The summed E-state index contributed by atoms with van der Waals surface area (Å²) in [5.74, 6) is -1.07. The van der Waals surface area contributed by atoms with E-state index in [9.17, 15) is 32.3 Å². The topological polar surface area (TPSA) is 182 Å². The first-order valence-electron chi connectivity index (χ1n) is 14.0. The maximum atomic E-state index is 14.5. The van der Waals surface area contributed by atoms with Crippen LogP contribution in [0.4, 0.5) is 28.9 Å². The second-order valence-corrected chi connectivity index (χ2v) is 11.1. The van der Waals surface area contributed by atoms with Crippen molar-refractivity contribution in [2.45, 2.75) is 37.6 Å². The summed E-state index contributed by atoms with van der Waals surface area (Å²) in [6.07, 6.45) is -4.83. The summed E-state index contributed by atoms with van der Waals surface area (Å²) in [6, 6.07) is 12.5. The number of nitrogens with one attached hydrogen (secondary N) is 4. The molecule has 0 saturated heterocycles. The van der Waals surface area contributed by atoms with Gasteiger partial charge in [0.05, 0.1) is 40.2 Å². The first-order valence-corrected chi connectivity index (χ1v) is 14.0. The maximum Gasteiger partial charge on any atom is 0.417 e. The second kappa shape index (κ2) is 11.5. The fourth-order valence-corrected chi connectivity index (χ4v) is 5.38. The van der Waals surface area contributed by atoms with Gasteiger partial charge in [0.1, 0.15) is 29.8 Å². The van der Waals surface area contributed by atoms with E-state index >= 15 is 0 Å². The molecule has 3 aromatic carbocycles. The quantitative estimate of drug-likeness (QED) is 0.159. The fraction of sp³-hybridized carbons (Fsp3) is 0.226. The highest BCUT2D eigenvalue weighted by Gasteiger charge is 2.38. The number of H-pyrrole nitrogens is 2. The molecule has 2 aromatic heterocycles. The third-order valence-corrected chi connectivity index (χ3v) is 7.68. The van der Waals surface area contributed by atoms with Gasteiger partial charge >= 0.3 is 6.18 Å². The molecule has 1 aliphatic heterocycles. The molecule has 1 aliphatic rings. The van der Waals surface area contributed by atoms with Gasteiger partial charge in [-0.25, -0.2) is 14.5 Å². The first kappa shape index (κ1) is 31.2. The van der Waals surface area contributed by atoms with Crippen molar-refractivity contribution >= 4 is 28.1 Å². The lowest BCUT2D eigenvalue weighted by Crippen LogP contribution is -2.45. The van der Waals surface area contributed by atoms with Crippen molar-refractivity contribution in [1.29, 1.82) is 5.26 Å². The summed E-state index contributed by atoms with van der Waals surface area (Å²) < 4.78 is 60.1. The zero-order chi connectivity index (χ0) is 33.7. The average molecular weight is 649 g/mol. The minimum absolute atomic E-state index is 0.122. The van der Waals surface area contributed by atoms with Gasteiger partial charge in [-0.3, -0.25) is 14.7 Å². The highest BCUT2D eigenvalue weighted by molar-refractivity contribution is 5.98. The van der Waals surface area contributed by atoms with Gasteiger partial charge in [-0.2, -0.15) is 28.6 Å². The van der Waals surface area contributed by atoms with Gasteiger partial charge in [0, 0.05) is 16.8 Å². The molecule has 3 atom stereocenters. The van der Waals surface area contributed by atoms with E-state index in [1.165, 1.54) is 12.1 Å². The van der Waals surface area contributed by atoms with E-state index in [2.05, 4.69) is 36.0 Å². The van der Waals surface area contributed by atoms with E-state index in [0.717, 1.165) is 25.1 Å². The van der Waals surface area contributed by atoms with Crippen LogP contribution in [0.1, 0.15) is 52.9 Å². The van der Waals surface area contributed by atoms with Gasteiger partial charge in [0.25, 0.3) is 11.5 Å². The SMILES string of the molecule is Cc1n[nH]c([C@H]2c3n[nH]c(=O)c4cc(F)cc(c34)N[C@@H]2c2ccc(OC[C@](C)(O)C(=O)Nc3ccc(C#N)c(C(F)(F)F)c3)cc2)n1. The Kier molecular flexibility index (Phi) is 7.64. The van der Waals surface area contributed by atoms with Crippen LogP contribution in [0.5, 0.6) is 5.75 Å². The molecule has 47 heavy (non-hydrogen) atoms. The summed E-state index contributed by atoms with van der Waals surface area (Å²) in [5, 5.41) is 39.6. The molecule has 5 N–H and O–H groups in total. The molecule has 0 bridgehead atoms. The number of aromatic amines is 2. The average Bonchev–Trinajstić information content (AvgIpc) is 3.46. The predicted octanol–water partition coefficient (Wildman–Crippen LogP) is 4.45. The summed E-state index contributed by atoms with van der Waals surface area (Å²) in [6.45, 7) is 2.28. The van der Waals surface area contributed by atoms with Gasteiger partial charge in [-0.05, 0) is 61.9 Å². The zero-order valence-corrected chi connectivity index (χ0v) is 24.5. The Bertz CT molecular complexity index is 2120. The number of ether oxygens (including phenoxy) is 1. The Balaban J connectivity index is 1.22. The fourth-order valence-electron chi connectivity index (χ4n) is 5.38. The molecular weight excluding hydrogens is 624 g/mol. The van der Waals surface area contributed by atoms with Crippen LogP contribution in [0.3, 0.4) is 0 Å². The molecule has 16 heteroatoms. The van der Waals surface area contributed by atoms with E-state index in [1.807, 2.05) is 0 Å². The van der Waals surface area contributed by atoms with Gasteiger partial charge in [0.2, 0.25) is 0 Å². The lowest BCUT2D eigenvalue weighted by molar-refractivity contribution is -0.138. The largest absolute Gasteiger partial charge is 0.490 e. The van der Waals surface area contributed by atoms with Crippen LogP contribution in [0.15, 0.2) is 59.4 Å². The first-order chi connectivity index (χ1) is 22.2. The lowest BCUT2D eigenvalue weighted by atomic mass is 9.83. The number of aromatic nitrogens is 5. The molecule has 0 radical (unpaired) electrons. The Labute approximate surface area is 262 Å². The van der Waals surface area contributed by atoms with Crippen molar-refractivity contribution in [3.05, 3.63) is 105 Å². The van der Waals surface area contributed by atoms with Crippen molar-refractivity contribution in [3.63, 3.8) is 0 Å². The Morgan fingerprint density at radius 2 is 1.85 bits per heavy atom. The van der Waals surface area contributed by atoms with Gasteiger partial charge < -0.3 is 20.5 Å². The van der Waals surface area contributed by atoms with Crippen LogP contribution in [-0.2, 0) is 11.0 Å². The van der Waals surface area contributed by atoms with E-state index in [4.69, 9.17) is 10.00 Å². The van der Waals surface area contributed by atoms with Crippen LogP contribution in [0.2, 0.25) is 0 Å². The summed E-state index contributed by atoms with van der Waals surface area (Å²) in [4.78, 5) is 29.7. The normalized spacial score (nSPS) is 17.0. The number of halogens is 4. The summed E-state index contributed by atoms with van der Waals surface area (Å²) in [5.41, 5.74) is -3.34. The number of hydrogen-bond acceptors (Lipinski definition) is 9. The summed E-state index contributed by atoms with van der Waals surface area (Å²) in [7, 11) is 0. The molecule has 6 rings (SSSR count). The molecule has 0 fully saturated rings. The number of carbonyl (C=O) groups is 1. The predicted molar refractivity (Wildman–Crippen MR) is 159 cm³/mol. The zero-order valence-electron chi connectivity index (χ0n) is 24.5. The van der Waals surface area contributed by atoms with Gasteiger partial charge in [0.15, 0.2) is 5.60 Å². The number of anilines is 2. The molecule has 0 aliphatic carbocycles. The lowest BCUT2D eigenvalue weighted by Gasteiger charge is -2.33. The molecule has 0 unspecified atom stereocenters. The molecule has 12 nitrogen and oxygen atoms in total. The minimum Gasteiger partial charge on any atom is -0.490 e. The second-order valence-electron chi connectivity index (χ2n) is 11.1. The van der Waals surface area contributed by atoms with Gasteiger partial charge in [-0.15, -0.1) is 0 Å². The van der Waals surface area contributed by atoms with Crippen molar-refractivity contribution in [3.8, 4) is 11.8 Å². The van der Waals surface area contributed by atoms with Crippen molar-refractivity contribution in [2.24, 2.45) is 0 Å². The molecule has 0 saturated carbocycles. The third-order valence-electron chi connectivity index (χ3n) is 7.68. The Hall–Kier alpha value is -5.82. The number of hydrogen-bond donors (Lipinski definition) is 5. The van der Waals surface area contributed by atoms with Crippen LogP contribution in [0, 0.1) is 24.1 Å². The molecular formula is C31H24F4N8O4. The Morgan fingerprint density at radius 3 is 2.51 bits per heavy atom. The number of alkyl halides is 3. The van der Waals surface area contributed by atoms with Crippen molar-refractivity contribution in [1.82, 2.24) is 25.4 Å². The summed E-state index contributed by atoms with van der Waals surface area (Å²) >= 11 is 0. The number of aryl methyl sites for hydroxylation is 1. The molecule has 240 valence electrons. The standard InChI is InChI=1S/C31H24F4N8O4/c1-14-37-27(42-40-14)24-25(39-22-10-17(32)9-20-23(22)26(24)41-43-28(20)44)15-4-7-19(8-5-15)47-13-30(2,46)29(45)38-18-6-3-16(12-36)21(11-18)31(33,34)35/h3-11,24-25,39,46H,13H2,1-2H3,(H,38,45)(H,43,44)(H,37,40,42)/t24-,25-,30+/m1/s1. The van der Waals surface area contributed by atoms with Crippen LogP contribution < -0.4 is 20.9 Å². The number of rotatable bonds is 7. The van der Waals surface area contributed by atoms with E-state index in [0.29, 0.717) is 40.0 Å². The molecule has 0 spiro atoms. The minimum atomic E-state index is -4.83. The van der Waals surface area contributed by atoms with E-state index < -0.39 is 58.8 Å². The monoisotopic (exact) mass is 648 g/mol. The Morgan fingerprint density at radius 1 is 1.11 bits per heavy atom. The molecule has 5 aromatic rings. The highest BCUT2D eigenvalue weighted by Crippen LogP contribution is 2.46. The highest BCUT2D eigenvalue weighted by atomic mass is 19.4. The van der Waals surface area contributed by atoms with Gasteiger partial charge in [-0.1, -0.05) is 12.1 Å². The van der Waals surface area contributed by atoms with Crippen molar-refractivity contribution in [2.75, 3.05) is 17.2 Å². The van der Waals surface area contributed by atoms with Crippen molar-refractivity contribution < 1.29 is 32.2 Å². The number of benzene rings is 3. The molecule has 3 heterocycles. The number of nitrogens with zero attached hydrogens (tertiary/aromatic N) is 4. The van der Waals surface area contributed by atoms with E-state index in [-0.39, 0.29) is 16.8 Å². The van der Waals surface area contributed by atoms with Crippen LogP contribution in [0.25, 0.3) is 10.8 Å². The number of amides is 1. The number of carbonyl (C=O) groups excluding carboxylic acids is 1. The van der Waals surface area contributed by atoms with Crippen LogP contribution >= 0.6 is 0 Å². The van der Waals surface area contributed by atoms with Crippen LogP contribution in [-0.4, -0.2) is 48.6 Å². The number of nitriles is 1. The van der Waals surface area contributed by atoms with E-state index in [1.54, 1.807) is 31.2 Å². The molecule has 1 amide bonds. The smallest absolute Gasteiger partial charge is 0.417 e. The third kappa shape index (κ3) is 5.95. The number of aliphatic hydroxyl groups is 1. The maximum absolute atomic E-state index is 14.5.